The molecule has 4 heteroatoms. The topological polar surface area (TPSA) is 46.5 Å². The summed E-state index contributed by atoms with van der Waals surface area (Å²) in [5.41, 5.74) is 1.23. The van der Waals surface area contributed by atoms with E-state index in [9.17, 15) is 9.90 Å². The molecule has 0 bridgehead atoms. The zero-order chi connectivity index (χ0) is 13.4. The molecule has 0 fully saturated rings. The predicted molar refractivity (Wildman–Crippen MR) is 74.6 cm³/mol. The number of para-hydroxylation sites is 1. The summed E-state index contributed by atoms with van der Waals surface area (Å²) < 4.78 is 6.67. The van der Waals surface area contributed by atoms with Gasteiger partial charge in [-0.25, -0.2) is 0 Å². The Hall–Kier alpha value is -1.81. The number of ether oxygens (including phenoxy) is 1. The van der Waals surface area contributed by atoms with Crippen LogP contribution >= 0.6 is 15.9 Å². The molecular formula is C15H11BrO3. The Morgan fingerprint density at radius 1 is 1.21 bits per heavy atom. The average Bonchev–Trinajstić information content (AvgIpc) is 2.40. The number of carbonyl (C=O) groups is 1. The number of phenolic OH excluding ortho intramolecular Hbond substituents is 1. The number of phenols is 1. The number of rotatable bonds is 1. The van der Waals surface area contributed by atoms with Crippen LogP contribution < -0.4 is 4.74 Å². The summed E-state index contributed by atoms with van der Waals surface area (Å²) in [6.07, 6.45) is -0.191. The first kappa shape index (κ1) is 12.2. The highest BCUT2D eigenvalue weighted by atomic mass is 79.9. The molecule has 1 aliphatic heterocycles. The number of ketones is 1. The van der Waals surface area contributed by atoms with Gasteiger partial charge in [0.25, 0.3) is 0 Å². The molecule has 1 aliphatic rings. The molecule has 0 amide bonds. The summed E-state index contributed by atoms with van der Waals surface area (Å²) in [7, 11) is 0. The van der Waals surface area contributed by atoms with Crippen molar-refractivity contribution < 1.29 is 14.6 Å². The van der Waals surface area contributed by atoms with E-state index in [0.717, 1.165) is 4.47 Å². The van der Waals surface area contributed by atoms with Crippen LogP contribution in [0.3, 0.4) is 0 Å². The van der Waals surface area contributed by atoms with Gasteiger partial charge in [0, 0.05) is 10.0 Å². The smallest absolute Gasteiger partial charge is 0.170 e. The van der Waals surface area contributed by atoms with Crippen LogP contribution in [0.25, 0.3) is 0 Å². The predicted octanol–water partition coefficient (Wildman–Crippen LogP) is 3.86. The minimum atomic E-state index is -0.428. The van der Waals surface area contributed by atoms with E-state index in [-0.39, 0.29) is 18.0 Å². The molecule has 0 radical (unpaired) electrons. The standard InChI is InChI=1S/C15H11BrO3/c16-9-5-6-14-11(7-9)13(18)8-15(19-14)10-3-1-2-4-12(10)17/h1-7,15,17H,8H2. The number of Topliss-reactive ketones (excluding diaryl/α,β-unsaturated/α-hetero) is 1. The van der Waals surface area contributed by atoms with E-state index in [2.05, 4.69) is 15.9 Å². The highest BCUT2D eigenvalue weighted by Gasteiger charge is 2.29. The first-order valence-corrected chi connectivity index (χ1v) is 6.72. The van der Waals surface area contributed by atoms with Gasteiger partial charge in [-0.2, -0.15) is 0 Å². The van der Waals surface area contributed by atoms with E-state index in [1.807, 2.05) is 12.1 Å². The van der Waals surface area contributed by atoms with Crippen LogP contribution in [-0.4, -0.2) is 10.9 Å². The highest BCUT2D eigenvalue weighted by Crippen LogP contribution is 2.38. The molecule has 0 aliphatic carbocycles. The maximum Gasteiger partial charge on any atom is 0.170 e. The van der Waals surface area contributed by atoms with Crippen molar-refractivity contribution in [3.63, 3.8) is 0 Å². The van der Waals surface area contributed by atoms with Crippen molar-refractivity contribution in [2.24, 2.45) is 0 Å². The lowest BCUT2D eigenvalue weighted by atomic mass is 9.96. The van der Waals surface area contributed by atoms with Gasteiger partial charge in [0.2, 0.25) is 0 Å². The van der Waals surface area contributed by atoms with Gasteiger partial charge in [-0.3, -0.25) is 4.79 Å². The summed E-state index contributed by atoms with van der Waals surface area (Å²) in [6, 6.07) is 12.3. The van der Waals surface area contributed by atoms with Crippen LogP contribution in [0.4, 0.5) is 0 Å². The lowest BCUT2D eigenvalue weighted by Gasteiger charge is -2.26. The van der Waals surface area contributed by atoms with Gasteiger partial charge in [-0.1, -0.05) is 34.1 Å². The summed E-state index contributed by atoms with van der Waals surface area (Å²) >= 11 is 3.34. The van der Waals surface area contributed by atoms with Crippen molar-refractivity contribution in [2.75, 3.05) is 0 Å². The third-order valence-corrected chi connectivity index (χ3v) is 3.66. The molecule has 0 saturated heterocycles. The van der Waals surface area contributed by atoms with Crippen LogP contribution in [-0.2, 0) is 0 Å². The van der Waals surface area contributed by atoms with Gasteiger partial charge in [0.1, 0.15) is 17.6 Å². The second-order valence-electron chi connectivity index (χ2n) is 4.43. The minimum Gasteiger partial charge on any atom is -0.508 e. The molecule has 19 heavy (non-hydrogen) atoms. The first-order valence-electron chi connectivity index (χ1n) is 5.92. The van der Waals surface area contributed by atoms with E-state index in [1.165, 1.54) is 0 Å². The third kappa shape index (κ3) is 2.24. The lowest BCUT2D eigenvalue weighted by Crippen LogP contribution is -2.20. The average molecular weight is 319 g/mol. The van der Waals surface area contributed by atoms with Gasteiger partial charge in [-0.15, -0.1) is 0 Å². The van der Waals surface area contributed by atoms with Gasteiger partial charge < -0.3 is 9.84 Å². The largest absolute Gasteiger partial charge is 0.508 e. The first-order chi connectivity index (χ1) is 9.15. The van der Waals surface area contributed by atoms with E-state index in [0.29, 0.717) is 16.9 Å². The van der Waals surface area contributed by atoms with Crippen LogP contribution in [0.1, 0.15) is 28.4 Å². The van der Waals surface area contributed by atoms with Crippen LogP contribution in [0.2, 0.25) is 0 Å². The zero-order valence-electron chi connectivity index (χ0n) is 9.97. The van der Waals surface area contributed by atoms with Crippen molar-refractivity contribution in [1.82, 2.24) is 0 Å². The maximum atomic E-state index is 12.2. The molecule has 1 atom stereocenters. The Bertz CT molecular complexity index is 652. The number of fused-ring (bicyclic) bond motifs is 1. The van der Waals surface area contributed by atoms with Crippen molar-refractivity contribution in [3.8, 4) is 11.5 Å². The summed E-state index contributed by atoms with van der Waals surface area (Å²) in [4.78, 5) is 12.2. The van der Waals surface area contributed by atoms with Crippen molar-refractivity contribution >= 4 is 21.7 Å². The van der Waals surface area contributed by atoms with Crippen molar-refractivity contribution in [1.29, 1.82) is 0 Å². The zero-order valence-corrected chi connectivity index (χ0v) is 11.6. The molecule has 1 heterocycles. The quantitative estimate of drug-likeness (QED) is 0.868. The SMILES string of the molecule is O=C1CC(c2ccccc2O)Oc2ccc(Br)cc21. The molecule has 1 N–H and O–H groups in total. The Balaban J connectivity index is 2.00. The molecule has 96 valence electrons. The van der Waals surface area contributed by atoms with Crippen LogP contribution in [0.15, 0.2) is 46.9 Å². The molecule has 0 aromatic heterocycles. The molecule has 1 unspecified atom stereocenters. The Labute approximate surface area is 119 Å². The summed E-state index contributed by atoms with van der Waals surface area (Å²) in [5, 5.41) is 9.84. The number of hydrogen-bond acceptors (Lipinski definition) is 3. The van der Waals surface area contributed by atoms with E-state index in [4.69, 9.17) is 4.74 Å². The number of aromatic hydroxyl groups is 1. The molecular weight excluding hydrogens is 308 g/mol. The fourth-order valence-corrected chi connectivity index (χ4v) is 2.59. The molecule has 2 aromatic carbocycles. The monoisotopic (exact) mass is 318 g/mol. The molecule has 3 nitrogen and oxygen atoms in total. The van der Waals surface area contributed by atoms with Gasteiger partial charge >= 0.3 is 0 Å². The van der Waals surface area contributed by atoms with Crippen LogP contribution in [0.5, 0.6) is 11.5 Å². The Kier molecular flexibility index (Phi) is 3.03. The molecule has 3 rings (SSSR count). The normalized spacial score (nSPS) is 17.7. The lowest BCUT2D eigenvalue weighted by molar-refractivity contribution is 0.0847. The van der Waals surface area contributed by atoms with Crippen LogP contribution in [0, 0.1) is 0 Å². The highest BCUT2D eigenvalue weighted by molar-refractivity contribution is 9.10. The third-order valence-electron chi connectivity index (χ3n) is 3.17. The van der Waals surface area contributed by atoms with Crippen molar-refractivity contribution in [3.05, 3.63) is 58.1 Å². The minimum absolute atomic E-state index is 0.0239. The van der Waals surface area contributed by atoms with Gasteiger partial charge in [-0.05, 0) is 24.3 Å². The van der Waals surface area contributed by atoms with Crippen molar-refractivity contribution in [2.45, 2.75) is 12.5 Å². The fourth-order valence-electron chi connectivity index (χ4n) is 2.23. The number of halogens is 1. The van der Waals surface area contributed by atoms with E-state index in [1.54, 1.807) is 30.3 Å². The fraction of sp³-hybridized carbons (Fsp3) is 0.133. The Morgan fingerprint density at radius 3 is 2.79 bits per heavy atom. The second kappa shape index (κ2) is 4.70. The van der Waals surface area contributed by atoms with E-state index >= 15 is 0 Å². The van der Waals surface area contributed by atoms with Gasteiger partial charge in [0.15, 0.2) is 5.78 Å². The number of carbonyl (C=O) groups excluding carboxylic acids is 1. The number of hydrogen-bond donors (Lipinski definition) is 1. The molecule has 0 saturated carbocycles. The van der Waals surface area contributed by atoms with Gasteiger partial charge in [0.05, 0.1) is 12.0 Å². The molecule has 0 spiro atoms. The Morgan fingerprint density at radius 2 is 2.00 bits per heavy atom. The summed E-state index contributed by atoms with van der Waals surface area (Å²) in [5.74, 6) is 0.740. The summed E-state index contributed by atoms with van der Waals surface area (Å²) in [6.45, 7) is 0. The number of benzene rings is 2. The van der Waals surface area contributed by atoms with E-state index < -0.39 is 6.10 Å². The second-order valence-corrected chi connectivity index (χ2v) is 5.35. The molecule has 2 aromatic rings. The maximum absolute atomic E-state index is 12.2.